The van der Waals surface area contributed by atoms with E-state index in [1.807, 2.05) is 0 Å². The van der Waals surface area contributed by atoms with Gasteiger partial charge in [-0.2, -0.15) is 0 Å². The number of hydrogen-bond donors (Lipinski definition) is 1. The van der Waals surface area contributed by atoms with Crippen LogP contribution in [-0.4, -0.2) is 37.1 Å². The molecule has 1 aliphatic heterocycles. The van der Waals surface area contributed by atoms with Gasteiger partial charge in [0, 0.05) is 19.1 Å². The molecule has 0 aliphatic carbocycles. The summed E-state index contributed by atoms with van der Waals surface area (Å²) >= 11 is 0. The Morgan fingerprint density at radius 3 is 2.57 bits per heavy atom. The molecule has 0 bridgehead atoms. The van der Waals surface area contributed by atoms with Crippen molar-refractivity contribution in [2.75, 3.05) is 26.2 Å². The van der Waals surface area contributed by atoms with Gasteiger partial charge in [0.25, 0.3) is 0 Å². The second-order valence-corrected chi connectivity index (χ2v) is 4.56. The lowest BCUT2D eigenvalue weighted by atomic mass is 10.0. The van der Waals surface area contributed by atoms with Crippen LogP contribution < -0.4 is 5.32 Å². The molecule has 1 fully saturated rings. The zero-order chi connectivity index (χ0) is 10.4. The topological polar surface area (TPSA) is 15.3 Å². The molecule has 0 aromatic carbocycles. The first kappa shape index (κ1) is 11.6. The maximum absolute atomic E-state index is 5.29. The summed E-state index contributed by atoms with van der Waals surface area (Å²) in [4.78, 5) is 2.35. The molecule has 0 spiro atoms. The summed E-state index contributed by atoms with van der Waals surface area (Å²) in [6.07, 6.45) is 7.77. The minimum atomic E-state index is 0.714. The van der Waals surface area contributed by atoms with Crippen molar-refractivity contribution in [1.82, 2.24) is 10.2 Å². The molecule has 1 saturated heterocycles. The van der Waals surface area contributed by atoms with Crippen molar-refractivity contribution in [1.29, 1.82) is 0 Å². The van der Waals surface area contributed by atoms with Gasteiger partial charge >= 0.3 is 0 Å². The van der Waals surface area contributed by atoms with Crippen molar-refractivity contribution in [3.05, 3.63) is 0 Å². The van der Waals surface area contributed by atoms with Crippen molar-refractivity contribution >= 4 is 0 Å². The Balaban J connectivity index is 2.13. The zero-order valence-corrected chi connectivity index (χ0v) is 9.42. The molecule has 80 valence electrons. The highest BCUT2D eigenvalue weighted by Crippen LogP contribution is 2.09. The predicted octanol–water partition coefficient (Wildman–Crippen LogP) is 1.33. The van der Waals surface area contributed by atoms with Gasteiger partial charge in [0.05, 0.1) is 6.54 Å². The van der Waals surface area contributed by atoms with E-state index in [1.165, 1.54) is 12.8 Å². The number of piperidine rings is 1. The summed E-state index contributed by atoms with van der Waals surface area (Å²) < 4.78 is 0. The van der Waals surface area contributed by atoms with E-state index in [4.69, 9.17) is 6.42 Å². The minimum Gasteiger partial charge on any atom is -0.314 e. The van der Waals surface area contributed by atoms with Crippen molar-refractivity contribution in [2.24, 2.45) is 5.92 Å². The van der Waals surface area contributed by atoms with Gasteiger partial charge in [0.1, 0.15) is 0 Å². The molecule has 0 radical (unpaired) electrons. The summed E-state index contributed by atoms with van der Waals surface area (Å²) in [7, 11) is 0. The largest absolute Gasteiger partial charge is 0.314 e. The van der Waals surface area contributed by atoms with Crippen LogP contribution >= 0.6 is 0 Å². The fourth-order valence-electron chi connectivity index (χ4n) is 1.83. The van der Waals surface area contributed by atoms with E-state index in [0.29, 0.717) is 6.04 Å². The molecular weight excluding hydrogens is 172 g/mol. The average molecular weight is 194 g/mol. The number of rotatable bonds is 4. The predicted molar refractivity (Wildman–Crippen MR) is 61.1 cm³/mol. The second-order valence-electron chi connectivity index (χ2n) is 4.56. The molecule has 0 amide bonds. The van der Waals surface area contributed by atoms with Crippen molar-refractivity contribution in [3.63, 3.8) is 0 Å². The van der Waals surface area contributed by atoms with E-state index in [-0.39, 0.29) is 0 Å². The first-order valence-corrected chi connectivity index (χ1v) is 5.61. The van der Waals surface area contributed by atoms with Crippen LogP contribution in [0.2, 0.25) is 0 Å². The van der Waals surface area contributed by atoms with Crippen LogP contribution in [0.5, 0.6) is 0 Å². The van der Waals surface area contributed by atoms with Gasteiger partial charge in [-0.25, -0.2) is 0 Å². The molecular formula is C12H22N2. The third-order valence-electron chi connectivity index (χ3n) is 2.72. The highest BCUT2D eigenvalue weighted by Gasteiger charge is 2.17. The molecule has 1 rings (SSSR count). The number of nitrogens with zero attached hydrogens (tertiary/aromatic N) is 1. The molecule has 1 heterocycles. The van der Waals surface area contributed by atoms with E-state index in [2.05, 4.69) is 30.0 Å². The quantitative estimate of drug-likeness (QED) is 0.679. The maximum Gasteiger partial charge on any atom is 0.0598 e. The lowest BCUT2D eigenvalue weighted by Gasteiger charge is -2.31. The van der Waals surface area contributed by atoms with Crippen LogP contribution in [0.4, 0.5) is 0 Å². The van der Waals surface area contributed by atoms with Crippen molar-refractivity contribution in [3.8, 4) is 12.3 Å². The third-order valence-corrected chi connectivity index (χ3v) is 2.72. The van der Waals surface area contributed by atoms with Crippen LogP contribution in [0.1, 0.15) is 26.7 Å². The fraction of sp³-hybridized carbons (Fsp3) is 0.833. The summed E-state index contributed by atoms with van der Waals surface area (Å²) in [6.45, 7) is 8.76. The van der Waals surface area contributed by atoms with Gasteiger partial charge < -0.3 is 5.32 Å². The van der Waals surface area contributed by atoms with Gasteiger partial charge in [0.2, 0.25) is 0 Å². The molecule has 0 atom stereocenters. The minimum absolute atomic E-state index is 0.714. The van der Waals surface area contributed by atoms with E-state index in [1.54, 1.807) is 0 Å². The Labute approximate surface area is 88.1 Å². The standard InChI is InChI=1S/C12H22N2/c1-4-7-14-8-5-12(6-9-14)13-10-11(2)3/h1,11-13H,5-10H2,2-3H3. The van der Waals surface area contributed by atoms with Gasteiger partial charge in [-0.15, -0.1) is 6.42 Å². The van der Waals surface area contributed by atoms with Crippen LogP contribution in [0, 0.1) is 18.3 Å². The molecule has 0 saturated carbocycles. The third kappa shape index (κ3) is 4.13. The lowest BCUT2D eigenvalue weighted by molar-refractivity contribution is 0.215. The lowest BCUT2D eigenvalue weighted by Crippen LogP contribution is -2.43. The maximum atomic E-state index is 5.29. The van der Waals surface area contributed by atoms with Gasteiger partial charge in [-0.1, -0.05) is 19.8 Å². The summed E-state index contributed by atoms with van der Waals surface area (Å²) in [6, 6.07) is 0.714. The summed E-state index contributed by atoms with van der Waals surface area (Å²) in [5, 5.41) is 3.61. The highest BCUT2D eigenvalue weighted by molar-refractivity contribution is 4.90. The molecule has 14 heavy (non-hydrogen) atoms. The van der Waals surface area contributed by atoms with Crippen molar-refractivity contribution < 1.29 is 0 Å². The summed E-state index contributed by atoms with van der Waals surface area (Å²) in [5.74, 6) is 3.46. The second kappa shape index (κ2) is 6.06. The van der Waals surface area contributed by atoms with Gasteiger partial charge in [-0.3, -0.25) is 4.90 Å². The first-order valence-electron chi connectivity index (χ1n) is 5.61. The monoisotopic (exact) mass is 194 g/mol. The molecule has 0 aromatic heterocycles. The van der Waals surface area contributed by atoms with E-state index in [0.717, 1.165) is 32.1 Å². The smallest absolute Gasteiger partial charge is 0.0598 e. The van der Waals surface area contributed by atoms with Gasteiger partial charge in [0.15, 0.2) is 0 Å². The molecule has 1 aliphatic rings. The van der Waals surface area contributed by atoms with E-state index >= 15 is 0 Å². The Bertz CT molecular complexity index is 185. The van der Waals surface area contributed by atoms with Crippen LogP contribution in [-0.2, 0) is 0 Å². The molecule has 0 aromatic rings. The number of terminal acetylenes is 1. The van der Waals surface area contributed by atoms with E-state index < -0.39 is 0 Å². The van der Waals surface area contributed by atoms with E-state index in [9.17, 15) is 0 Å². The molecule has 2 nitrogen and oxygen atoms in total. The first-order chi connectivity index (χ1) is 6.72. The molecule has 1 N–H and O–H groups in total. The molecule has 0 unspecified atom stereocenters. The zero-order valence-electron chi connectivity index (χ0n) is 9.42. The van der Waals surface area contributed by atoms with Crippen LogP contribution in [0.25, 0.3) is 0 Å². The van der Waals surface area contributed by atoms with Gasteiger partial charge in [-0.05, 0) is 25.3 Å². The number of likely N-dealkylation sites (tertiary alicyclic amines) is 1. The Morgan fingerprint density at radius 1 is 1.43 bits per heavy atom. The fourth-order valence-corrected chi connectivity index (χ4v) is 1.83. The number of nitrogens with one attached hydrogen (secondary N) is 1. The molecule has 2 heteroatoms. The van der Waals surface area contributed by atoms with Crippen LogP contribution in [0.15, 0.2) is 0 Å². The average Bonchev–Trinajstić information content (AvgIpc) is 2.17. The number of hydrogen-bond acceptors (Lipinski definition) is 2. The SMILES string of the molecule is C#CCN1CCC(NCC(C)C)CC1. The Morgan fingerprint density at radius 2 is 2.07 bits per heavy atom. The normalized spacial score (nSPS) is 19.9. The Kier molecular flexibility index (Phi) is 5.00. The summed E-state index contributed by atoms with van der Waals surface area (Å²) in [5.41, 5.74) is 0. The van der Waals surface area contributed by atoms with Crippen molar-refractivity contribution in [2.45, 2.75) is 32.7 Å². The highest BCUT2D eigenvalue weighted by atomic mass is 15.1. The van der Waals surface area contributed by atoms with Crippen LogP contribution in [0.3, 0.4) is 0 Å². The Hall–Kier alpha value is -0.520.